The molecule has 1 aromatic heterocycles. The predicted molar refractivity (Wildman–Crippen MR) is 65.2 cm³/mol. The smallest absolute Gasteiger partial charge is 0.122 e. The molecule has 1 heterocycles. The molecule has 1 aliphatic carbocycles. The summed E-state index contributed by atoms with van der Waals surface area (Å²) in [5, 5.41) is 0. The molecule has 1 saturated carbocycles. The van der Waals surface area contributed by atoms with Crippen molar-refractivity contribution in [2.75, 3.05) is 6.54 Å². The zero-order valence-electron chi connectivity index (χ0n) is 10.4. The van der Waals surface area contributed by atoms with Crippen LogP contribution < -0.4 is 5.73 Å². The van der Waals surface area contributed by atoms with Crippen LogP contribution in [0.5, 0.6) is 0 Å². The van der Waals surface area contributed by atoms with E-state index in [9.17, 15) is 0 Å². The number of rotatable bonds is 5. The van der Waals surface area contributed by atoms with Gasteiger partial charge in [-0.25, -0.2) is 0 Å². The number of nitrogens with two attached hydrogens (primary N) is 1. The van der Waals surface area contributed by atoms with Gasteiger partial charge in [0.1, 0.15) is 11.5 Å². The van der Waals surface area contributed by atoms with Crippen LogP contribution in [0.4, 0.5) is 0 Å². The number of furan rings is 1. The van der Waals surface area contributed by atoms with Crippen molar-refractivity contribution in [1.82, 2.24) is 4.90 Å². The van der Waals surface area contributed by atoms with Crippen LogP contribution in [0.1, 0.15) is 44.3 Å². The van der Waals surface area contributed by atoms with E-state index < -0.39 is 0 Å². The molecule has 0 aromatic carbocycles. The first-order chi connectivity index (χ1) is 7.63. The Bertz CT molecular complexity index is 341. The molecule has 0 amide bonds. The SMILES string of the molecule is CCN(C1CC1)C(c1ccc(C)o1)C(C)N. The first kappa shape index (κ1) is 11.7. The molecule has 2 atom stereocenters. The van der Waals surface area contributed by atoms with Gasteiger partial charge in [-0.1, -0.05) is 6.92 Å². The molecule has 0 aliphatic heterocycles. The molecule has 2 unspecified atom stereocenters. The van der Waals surface area contributed by atoms with E-state index in [0.717, 1.165) is 18.1 Å². The third-order valence-electron chi connectivity index (χ3n) is 3.29. The molecule has 2 rings (SSSR count). The fourth-order valence-electron chi connectivity index (χ4n) is 2.43. The molecule has 2 N–H and O–H groups in total. The van der Waals surface area contributed by atoms with E-state index in [1.165, 1.54) is 12.8 Å². The van der Waals surface area contributed by atoms with Crippen LogP contribution >= 0.6 is 0 Å². The molecule has 1 aliphatic rings. The molecule has 3 nitrogen and oxygen atoms in total. The highest BCUT2D eigenvalue weighted by atomic mass is 16.3. The summed E-state index contributed by atoms with van der Waals surface area (Å²) in [6, 6.07) is 5.13. The van der Waals surface area contributed by atoms with Crippen molar-refractivity contribution < 1.29 is 4.42 Å². The van der Waals surface area contributed by atoms with Gasteiger partial charge in [0.05, 0.1) is 6.04 Å². The topological polar surface area (TPSA) is 42.4 Å². The second-order valence-electron chi connectivity index (χ2n) is 4.81. The normalized spacial score (nSPS) is 20.1. The van der Waals surface area contributed by atoms with Gasteiger partial charge in [-0.2, -0.15) is 0 Å². The Labute approximate surface area is 97.6 Å². The summed E-state index contributed by atoms with van der Waals surface area (Å²) in [4.78, 5) is 2.48. The lowest BCUT2D eigenvalue weighted by molar-refractivity contribution is 0.152. The Balaban J connectivity index is 2.21. The highest BCUT2D eigenvalue weighted by Gasteiger charge is 2.36. The van der Waals surface area contributed by atoms with Crippen LogP contribution in [0.15, 0.2) is 16.5 Å². The molecule has 0 saturated heterocycles. The molecule has 0 spiro atoms. The molecular formula is C13H22N2O. The van der Waals surface area contributed by atoms with Crippen molar-refractivity contribution in [3.05, 3.63) is 23.7 Å². The first-order valence-corrected chi connectivity index (χ1v) is 6.21. The van der Waals surface area contributed by atoms with E-state index >= 15 is 0 Å². The van der Waals surface area contributed by atoms with Crippen molar-refractivity contribution in [3.63, 3.8) is 0 Å². The van der Waals surface area contributed by atoms with Crippen LogP contribution in [0, 0.1) is 6.92 Å². The highest BCUT2D eigenvalue weighted by Crippen LogP contribution is 2.35. The number of nitrogens with zero attached hydrogens (tertiary/aromatic N) is 1. The van der Waals surface area contributed by atoms with Crippen molar-refractivity contribution in [2.24, 2.45) is 5.73 Å². The lowest BCUT2D eigenvalue weighted by Gasteiger charge is -2.32. The molecular weight excluding hydrogens is 200 g/mol. The van der Waals surface area contributed by atoms with E-state index in [1.807, 2.05) is 13.0 Å². The van der Waals surface area contributed by atoms with Crippen molar-refractivity contribution in [3.8, 4) is 0 Å². The molecule has 16 heavy (non-hydrogen) atoms. The second-order valence-corrected chi connectivity index (χ2v) is 4.81. The minimum Gasteiger partial charge on any atom is -0.465 e. The van der Waals surface area contributed by atoms with E-state index in [4.69, 9.17) is 10.2 Å². The van der Waals surface area contributed by atoms with Crippen molar-refractivity contribution in [1.29, 1.82) is 0 Å². The van der Waals surface area contributed by atoms with Gasteiger partial charge in [-0.05, 0) is 45.4 Å². The predicted octanol–water partition coefficient (Wildman–Crippen LogP) is 2.46. The van der Waals surface area contributed by atoms with Crippen LogP contribution in [-0.2, 0) is 0 Å². The summed E-state index contributed by atoms with van der Waals surface area (Å²) >= 11 is 0. The second kappa shape index (κ2) is 4.60. The number of hydrogen-bond donors (Lipinski definition) is 1. The first-order valence-electron chi connectivity index (χ1n) is 6.21. The number of hydrogen-bond acceptors (Lipinski definition) is 3. The zero-order valence-corrected chi connectivity index (χ0v) is 10.4. The lowest BCUT2D eigenvalue weighted by atomic mass is 10.1. The Morgan fingerprint density at radius 2 is 2.19 bits per heavy atom. The van der Waals surface area contributed by atoms with E-state index in [1.54, 1.807) is 0 Å². The van der Waals surface area contributed by atoms with Gasteiger partial charge in [0, 0.05) is 12.1 Å². The summed E-state index contributed by atoms with van der Waals surface area (Å²) < 4.78 is 5.75. The summed E-state index contributed by atoms with van der Waals surface area (Å²) in [6.07, 6.45) is 2.60. The van der Waals surface area contributed by atoms with E-state index in [0.29, 0.717) is 6.04 Å². The van der Waals surface area contributed by atoms with E-state index in [2.05, 4.69) is 24.8 Å². The molecule has 0 bridgehead atoms. The maximum Gasteiger partial charge on any atom is 0.122 e. The molecule has 0 radical (unpaired) electrons. The summed E-state index contributed by atoms with van der Waals surface area (Å²) in [5.41, 5.74) is 6.12. The van der Waals surface area contributed by atoms with Gasteiger partial charge in [0.2, 0.25) is 0 Å². The van der Waals surface area contributed by atoms with Crippen LogP contribution in [0.2, 0.25) is 0 Å². The average Bonchev–Trinajstić information content (AvgIpc) is 2.98. The summed E-state index contributed by atoms with van der Waals surface area (Å²) in [6.45, 7) is 7.28. The molecule has 1 aromatic rings. The Hall–Kier alpha value is -0.800. The van der Waals surface area contributed by atoms with Gasteiger partial charge >= 0.3 is 0 Å². The van der Waals surface area contributed by atoms with Crippen molar-refractivity contribution >= 4 is 0 Å². The highest BCUT2D eigenvalue weighted by molar-refractivity contribution is 5.13. The lowest BCUT2D eigenvalue weighted by Crippen LogP contribution is -2.40. The van der Waals surface area contributed by atoms with Gasteiger partial charge < -0.3 is 10.2 Å². The average molecular weight is 222 g/mol. The Morgan fingerprint density at radius 1 is 1.50 bits per heavy atom. The minimum atomic E-state index is 0.103. The summed E-state index contributed by atoms with van der Waals surface area (Å²) in [5.74, 6) is 1.98. The van der Waals surface area contributed by atoms with E-state index in [-0.39, 0.29) is 12.1 Å². The standard InChI is InChI=1S/C13H22N2O/c1-4-15(11-6-7-11)13(10(3)14)12-8-5-9(2)16-12/h5,8,10-11,13H,4,6-7,14H2,1-3H3. The fourth-order valence-corrected chi connectivity index (χ4v) is 2.43. The van der Waals surface area contributed by atoms with Crippen LogP contribution in [0.3, 0.4) is 0 Å². The van der Waals surface area contributed by atoms with Gasteiger partial charge in [-0.15, -0.1) is 0 Å². The third kappa shape index (κ3) is 2.30. The molecule has 3 heteroatoms. The van der Waals surface area contributed by atoms with Gasteiger partial charge in [0.15, 0.2) is 0 Å². The zero-order chi connectivity index (χ0) is 11.7. The largest absolute Gasteiger partial charge is 0.465 e. The maximum absolute atomic E-state index is 6.12. The summed E-state index contributed by atoms with van der Waals surface area (Å²) in [7, 11) is 0. The Kier molecular flexibility index (Phi) is 3.36. The van der Waals surface area contributed by atoms with Gasteiger partial charge in [0.25, 0.3) is 0 Å². The number of likely N-dealkylation sites (N-methyl/N-ethyl adjacent to an activating group) is 1. The minimum absolute atomic E-state index is 0.103. The quantitative estimate of drug-likeness (QED) is 0.832. The monoisotopic (exact) mass is 222 g/mol. The third-order valence-corrected chi connectivity index (χ3v) is 3.29. The maximum atomic E-state index is 6.12. The Morgan fingerprint density at radius 3 is 2.56 bits per heavy atom. The van der Waals surface area contributed by atoms with Gasteiger partial charge in [-0.3, -0.25) is 4.90 Å². The number of aryl methyl sites for hydroxylation is 1. The van der Waals surface area contributed by atoms with Crippen molar-refractivity contribution in [2.45, 2.75) is 51.7 Å². The molecule has 1 fully saturated rings. The fraction of sp³-hybridized carbons (Fsp3) is 0.692. The van der Waals surface area contributed by atoms with Crippen LogP contribution in [0.25, 0.3) is 0 Å². The van der Waals surface area contributed by atoms with Crippen LogP contribution in [-0.4, -0.2) is 23.5 Å². The molecule has 90 valence electrons.